The van der Waals surface area contributed by atoms with Gasteiger partial charge < -0.3 is 4.98 Å². The van der Waals surface area contributed by atoms with E-state index in [1.54, 1.807) is 0 Å². The monoisotopic (exact) mass is 343 g/mol. The van der Waals surface area contributed by atoms with E-state index in [0.29, 0.717) is 11.4 Å². The van der Waals surface area contributed by atoms with Crippen molar-refractivity contribution in [3.63, 3.8) is 0 Å². The Morgan fingerprint density at radius 1 is 1.15 bits per heavy atom. The molecule has 0 saturated heterocycles. The molecule has 3 aromatic rings. The van der Waals surface area contributed by atoms with Crippen LogP contribution in [0, 0.1) is 0 Å². The molecule has 2 N–H and O–H groups in total. The van der Waals surface area contributed by atoms with Crippen LogP contribution in [0.3, 0.4) is 0 Å². The molecular weight excluding hydrogens is 326 g/mol. The normalized spacial score (nSPS) is 16.3. The molecule has 128 valence electrons. The molecule has 1 aromatic heterocycles. The van der Waals surface area contributed by atoms with Crippen LogP contribution in [0.25, 0.3) is 22.0 Å². The number of nitrogens with zero attached hydrogens (tertiary/aromatic N) is 3. The molecule has 4 rings (SSSR count). The molecule has 1 aliphatic rings. The first-order valence-electron chi connectivity index (χ1n) is 8.33. The van der Waals surface area contributed by atoms with E-state index in [0.717, 1.165) is 22.0 Å². The van der Waals surface area contributed by atoms with Gasteiger partial charge in [0.2, 0.25) is 0 Å². The van der Waals surface area contributed by atoms with Crippen molar-refractivity contribution in [2.24, 2.45) is 15.1 Å². The standard InChI is InChI=1S/C20H17N5O/c1-13-17(22-12-21-13)11-23-25-20(26)19-18(14-7-3-2-4-8-14)15-9-5-6-10-16(15)24-19/h2-13,24H,1H3,(H,25,26)/b23-11+. The molecule has 6 nitrogen and oxygen atoms in total. The van der Waals surface area contributed by atoms with E-state index in [1.807, 2.05) is 61.5 Å². The molecule has 1 amide bonds. The molecule has 26 heavy (non-hydrogen) atoms. The summed E-state index contributed by atoms with van der Waals surface area (Å²) in [5.41, 5.74) is 6.52. The Morgan fingerprint density at radius 3 is 2.69 bits per heavy atom. The second kappa shape index (κ2) is 6.76. The lowest BCUT2D eigenvalue weighted by Gasteiger charge is -2.04. The molecule has 0 aliphatic carbocycles. The van der Waals surface area contributed by atoms with Crippen LogP contribution < -0.4 is 5.43 Å². The average Bonchev–Trinajstić information content (AvgIpc) is 3.26. The molecule has 0 saturated carbocycles. The van der Waals surface area contributed by atoms with Crippen LogP contribution in [0.2, 0.25) is 0 Å². The third kappa shape index (κ3) is 2.93. The second-order valence-corrected chi connectivity index (χ2v) is 5.98. The molecule has 1 unspecified atom stereocenters. The maximum absolute atomic E-state index is 12.7. The quantitative estimate of drug-likeness (QED) is 0.552. The number of H-pyrrole nitrogens is 1. The van der Waals surface area contributed by atoms with Gasteiger partial charge in [-0.1, -0.05) is 48.5 Å². The molecule has 6 heteroatoms. The third-order valence-electron chi connectivity index (χ3n) is 4.28. The zero-order valence-corrected chi connectivity index (χ0v) is 14.2. The van der Waals surface area contributed by atoms with Gasteiger partial charge in [-0.3, -0.25) is 9.79 Å². The minimum absolute atomic E-state index is 0.0383. The first-order chi connectivity index (χ1) is 12.7. The zero-order valence-electron chi connectivity index (χ0n) is 14.2. The highest BCUT2D eigenvalue weighted by atomic mass is 16.2. The van der Waals surface area contributed by atoms with Crippen LogP contribution in [0.15, 0.2) is 69.7 Å². The first kappa shape index (κ1) is 16.0. The lowest BCUT2D eigenvalue weighted by molar-refractivity contribution is 0.0951. The number of carbonyl (C=O) groups excluding carboxylic acids is 1. The van der Waals surface area contributed by atoms with E-state index >= 15 is 0 Å². The lowest BCUT2D eigenvalue weighted by Crippen LogP contribution is -2.21. The third-order valence-corrected chi connectivity index (χ3v) is 4.28. The molecule has 2 aromatic carbocycles. The van der Waals surface area contributed by atoms with E-state index in [9.17, 15) is 4.79 Å². The zero-order chi connectivity index (χ0) is 17.9. The highest BCUT2D eigenvalue weighted by Crippen LogP contribution is 2.32. The number of rotatable bonds is 4. The summed E-state index contributed by atoms with van der Waals surface area (Å²) in [7, 11) is 0. The Labute approximate surface area is 150 Å². The summed E-state index contributed by atoms with van der Waals surface area (Å²) in [5.74, 6) is -0.302. The van der Waals surface area contributed by atoms with Crippen molar-refractivity contribution in [3.05, 3.63) is 60.3 Å². The molecule has 0 bridgehead atoms. The van der Waals surface area contributed by atoms with Crippen molar-refractivity contribution >= 4 is 35.1 Å². The van der Waals surface area contributed by atoms with Gasteiger partial charge in [-0.15, -0.1) is 0 Å². The number of hydrazone groups is 1. The smallest absolute Gasteiger partial charge is 0.288 e. The number of carbonyl (C=O) groups is 1. The van der Waals surface area contributed by atoms with Crippen LogP contribution in [0.5, 0.6) is 0 Å². The summed E-state index contributed by atoms with van der Waals surface area (Å²) >= 11 is 0. The summed E-state index contributed by atoms with van der Waals surface area (Å²) in [6, 6.07) is 17.7. The Morgan fingerprint density at radius 2 is 1.92 bits per heavy atom. The predicted molar refractivity (Wildman–Crippen MR) is 105 cm³/mol. The lowest BCUT2D eigenvalue weighted by atomic mass is 10.0. The Balaban J connectivity index is 1.67. The van der Waals surface area contributed by atoms with Crippen molar-refractivity contribution < 1.29 is 4.79 Å². The van der Waals surface area contributed by atoms with Crippen LogP contribution >= 0.6 is 0 Å². The van der Waals surface area contributed by atoms with Gasteiger partial charge >= 0.3 is 0 Å². The van der Waals surface area contributed by atoms with E-state index in [-0.39, 0.29) is 11.9 Å². The molecule has 0 fully saturated rings. The van der Waals surface area contributed by atoms with Crippen molar-refractivity contribution in [1.82, 2.24) is 10.4 Å². The largest absolute Gasteiger partial charge is 0.350 e. The molecule has 0 radical (unpaired) electrons. The van der Waals surface area contributed by atoms with Gasteiger partial charge in [-0.2, -0.15) is 5.10 Å². The molecule has 2 heterocycles. The average molecular weight is 343 g/mol. The number of hydrogen-bond acceptors (Lipinski definition) is 4. The van der Waals surface area contributed by atoms with Gasteiger partial charge in [0.25, 0.3) is 5.91 Å². The SMILES string of the molecule is CC1N=CN=C1/C=N/NC(=O)c1[nH]c2ccccc2c1-c1ccccc1. The van der Waals surface area contributed by atoms with Crippen molar-refractivity contribution in [2.45, 2.75) is 13.0 Å². The number of aliphatic imine (C=N–C) groups is 2. The van der Waals surface area contributed by atoms with Crippen molar-refractivity contribution in [3.8, 4) is 11.1 Å². The second-order valence-electron chi connectivity index (χ2n) is 5.98. The van der Waals surface area contributed by atoms with Gasteiger partial charge in [0.05, 0.1) is 18.0 Å². The van der Waals surface area contributed by atoms with E-state index in [4.69, 9.17) is 0 Å². The number of aromatic nitrogens is 1. The number of hydrogen-bond donors (Lipinski definition) is 2. The molecule has 1 aliphatic heterocycles. The maximum Gasteiger partial charge on any atom is 0.288 e. The van der Waals surface area contributed by atoms with Crippen molar-refractivity contribution in [1.29, 1.82) is 0 Å². The number of nitrogens with one attached hydrogen (secondary N) is 2. The highest BCUT2D eigenvalue weighted by Gasteiger charge is 2.19. The summed E-state index contributed by atoms with van der Waals surface area (Å²) in [4.78, 5) is 24.2. The van der Waals surface area contributed by atoms with Crippen LogP contribution in [0.1, 0.15) is 17.4 Å². The van der Waals surface area contributed by atoms with Gasteiger partial charge in [0.15, 0.2) is 0 Å². The number of amides is 1. The fraction of sp³-hybridized carbons (Fsp3) is 0.100. The summed E-state index contributed by atoms with van der Waals surface area (Å²) < 4.78 is 0. The topological polar surface area (TPSA) is 82.0 Å². The fourth-order valence-corrected chi connectivity index (χ4v) is 2.96. The minimum atomic E-state index is -0.302. The Kier molecular flexibility index (Phi) is 4.15. The van der Waals surface area contributed by atoms with E-state index in [2.05, 4.69) is 25.5 Å². The van der Waals surface area contributed by atoms with Crippen LogP contribution in [-0.4, -0.2) is 35.2 Å². The molecular formula is C20H17N5O. The number of para-hydroxylation sites is 1. The minimum Gasteiger partial charge on any atom is -0.350 e. The first-order valence-corrected chi connectivity index (χ1v) is 8.33. The number of fused-ring (bicyclic) bond motifs is 1. The van der Waals surface area contributed by atoms with Gasteiger partial charge in [0.1, 0.15) is 12.0 Å². The fourth-order valence-electron chi connectivity index (χ4n) is 2.96. The summed E-state index contributed by atoms with van der Waals surface area (Å²) in [5, 5.41) is 5.03. The van der Waals surface area contributed by atoms with Crippen LogP contribution in [-0.2, 0) is 0 Å². The van der Waals surface area contributed by atoms with Crippen molar-refractivity contribution in [2.75, 3.05) is 0 Å². The maximum atomic E-state index is 12.7. The summed E-state index contributed by atoms with van der Waals surface area (Å²) in [6.45, 7) is 1.92. The Bertz CT molecular complexity index is 1050. The van der Waals surface area contributed by atoms with Gasteiger partial charge in [-0.25, -0.2) is 10.4 Å². The number of benzene rings is 2. The van der Waals surface area contributed by atoms with E-state index in [1.165, 1.54) is 12.6 Å². The Hall–Kier alpha value is -3.54. The summed E-state index contributed by atoms with van der Waals surface area (Å²) in [6.07, 6.45) is 3.03. The van der Waals surface area contributed by atoms with E-state index < -0.39 is 0 Å². The molecule has 0 spiro atoms. The van der Waals surface area contributed by atoms with Gasteiger partial charge in [-0.05, 0) is 18.6 Å². The molecule has 1 atom stereocenters. The predicted octanol–water partition coefficient (Wildman–Crippen LogP) is 3.42. The number of aromatic amines is 1. The van der Waals surface area contributed by atoms with Gasteiger partial charge in [0, 0.05) is 16.5 Å². The van der Waals surface area contributed by atoms with Crippen LogP contribution in [0.4, 0.5) is 0 Å². The highest BCUT2D eigenvalue weighted by molar-refractivity contribution is 6.35.